The van der Waals surface area contributed by atoms with Crippen LogP contribution in [-0.4, -0.2) is 35.0 Å². The summed E-state index contributed by atoms with van der Waals surface area (Å²) in [6, 6.07) is 8.21. The second-order valence-corrected chi connectivity index (χ2v) is 10.1. The molecule has 1 aromatic heterocycles. The Morgan fingerprint density at radius 1 is 1.23 bits per heavy atom. The SMILES string of the molecule is Cc1ccc(S(=O)(=O)n2cc(CN(CC(C)(C)C)C(=O)O)cc2Br)cc1. The van der Waals surface area contributed by atoms with Crippen LogP contribution in [-0.2, 0) is 16.6 Å². The minimum Gasteiger partial charge on any atom is -0.465 e. The lowest BCUT2D eigenvalue weighted by molar-refractivity contribution is 0.123. The maximum atomic E-state index is 12.8. The van der Waals surface area contributed by atoms with Crippen molar-refractivity contribution in [3.63, 3.8) is 0 Å². The first-order valence-corrected chi connectivity index (χ1v) is 10.3. The van der Waals surface area contributed by atoms with Gasteiger partial charge in [-0.05, 0) is 52.0 Å². The summed E-state index contributed by atoms with van der Waals surface area (Å²) in [5, 5.41) is 9.43. The summed E-state index contributed by atoms with van der Waals surface area (Å²) in [4.78, 5) is 13.0. The Morgan fingerprint density at radius 3 is 2.31 bits per heavy atom. The van der Waals surface area contributed by atoms with Gasteiger partial charge in [0.15, 0.2) is 0 Å². The minimum absolute atomic E-state index is 0.113. The number of hydrogen-bond donors (Lipinski definition) is 1. The van der Waals surface area contributed by atoms with Crippen LogP contribution in [0, 0.1) is 12.3 Å². The van der Waals surface area contributed by atoms with Crippen molar-refractivity contribution in [1.82, 2.24) is 8.87 Å². The first-order chi connectivity index (χ1) is 11.9. The van der Waals surface area contributed by atoms with Crippen molar-refractivity contribution in [1.29, 1.82) is 0 Å². The van der Waals surface area contributed by atoms with Crippen LogP contribution in [0.4, 0.5) is 4.79 Å². The second-order valence-electron chi connectivity index (χ2n) is 7.48. The van der Waals surface area contributed by atoms with Gasteiger partial charge in [-0.15, -0.1) is 0 Å². The molecule has 6 nitrogen and oxygen atoms in total. The molecule has 1 heterocycles. The summed E-state index contributed by atoms with van der Waals surface area (Å²) in [5.74, 6) is 0. The number of amides is 1. The van der Waals surface area contributed by atoms with Crippen LogP contribution in [0.15, 0.2) is 46.0 Å². The number of aromatic nitrogens is 1. The first kappa shape index (κ1) is 20.5. The second kappa shape index (κ2) is 7.44. The van der Waals surface area contributed by atoms with E-state index in [-0.39, 0.29) is 16.9 Å². The molecule has 0 aliphatic heterocycles. The monoisotopic (exact) mass is 442 g/mol. The predicted molar refractivity (Wildman–Crippen MR) is 104 cm³/mol. The third kappa shape index (κ3) is 4.88. The van der Waals surface area contributed by atoms with Crippen LogP contribution in [0.25, 0.3) is 0 Å². The molecule has 2 rings (SSSR count). The lowest BCUT2D eigenvalue weighted by Gasteiger charge is -2.27. The number of halogens is 1. The maximum Gasteiger partial charge on any atom is 0.407 e. The third-order valence-electron chi connectivity index (χ3n) is 3.69. The molecule has 8 heteroatoms. The largest absolute Gasteiger partial charge is 0.465 e. The molecule has 0 aliphatic carbocycles. The van der Waals surface area contributed by atoms with Crippen molar-refractivity contribution >= 4 is 32.0 Å². The average Bonchev–Trinajstić information content (AvgIpc) is 2.87. The van der Waals surface area contributed by atoms with E-state index in [1.807, 2.05) is 27.7 Å². The van der Waals surface area contributed by atoms with E-state index in [4.69, 9.17) is 0 Å². The molecule has 0 unspecified atom stereocenters. The minimum atomic E-state index is -3.75. The number of rotatable bonds is 5. The lowest BCUT2D eigenvalue weighted by atomic mass is 9.96. The van der Waals surface area contributed by atoms with Crippen molar-refractivity contribution in [2.24, 2.45) is 5.41 Å². The Hall–Kier alpha value is -1.80. The molecule has 0 fully saturated rings. The Labute approximate surface area is 162 Å². The Morgan fingerprint density at radius 2 is 1.81 bits per heavy atom. The quantitative estimate of drug-likeness (QED) is 0.747. The van der Waals surface area contributed by atoms with Gasteiger partial charge in [0, 0.05) is 12.7 Å². The van der Waals surface area contributed by atoms with E-state index in [9.17, 15) is 18.3 Å². The van der Waals surface area contributed by atoms with Gasteiger partial charge in [0.1, 0.15) is 4.60 Å². The van der Waals surface area contributed by atoms with Crippen molar-refractivity contribution < 1.29 is 18.3 Å². The van der Waals surface area contributed by atoms with E-state index in [0.717, 1.165) is 9.54 Å². The average molecular weight is 443 g/mol. The van der Waals surface area contributed by atoms with Crippen molar-refractivity contribution in [3.05, 3.63) is 52.3 Å². The van der Waals surface area contributed by atoms with Crippen molar-refractivity contribution in [2.45, 2.75) is 39.1 Å². The standard InChI is InChI=1S/C18H23BrN2O4S/c1-13-5-7-15(8-6-13)26(24,25)21-11-14(9-16(21)19)10-20(17(22)23)12-18(2,3)4/h5-9,11H,10,12H2,1-4H3,(H,22,23). The Bertz CT molecular complexity index is 896. The highest BCUT2D eigenvalue weighted by molar-refractivity contribution is 9.10. The molecular weight excluding hydrogens is 420 g/mol. The van der Waals surface area contributed by atoms with E-state index < -0.39 is 16.1 Å². The zero-order chi connectivity index (χ0) is 19.7. The Kier molecular flexibility index (Phi) is 5.87. The van der Waals surface area contributed by atoms with E-state index >= 15 is 0 Å². The molecule has 0 aliphatic rings. The smallest absolute Gasteiger partial charge is 0.407 e. The molecule has 0 bridgehead atoms. The molecular formula is C18H23BrN2O4S. The molecule has 0 atom stereocenters. The molecule has 26 heavy (non-hydrogen) atoms. The summed E-state index contributed by atoms with van der Waals surface area (Å²) < 4.78 is 27.1. The first-order valence-electron chi connectivity index (χ1n) is 8.07. The van der Waals surface area contributed by atoms with Crippen LogP contribution < -0.4 is 0 Å². The van der Waals surface area contributed by atoms with Crippen LogP contribution in [0.3, 0.4) is 0 Å². The van der Waals surface area contributed by atoms with Crippen molar-refractivity contribution in [3.8, 4) is 0 Å². The van der Waals surface area contributed by atoms with Crippen LogP contribution in [0.1, 0.15) is 31.9 Å². The molecule has 1 amide bonds. The van der Waals surface area contributed by atoms with Crippen molar-refractivity contribution in [2.75, 3.05) is 6.54 Å². The van der Waals surface area contributed by atoms with Gasteiger partial charge in [0.25, 0.3) is 10.0 Å². The number of carbonyl (C=O) groups is 1. The fourth-order valence-electron chi connectivity index (χ4n) is 2.54. The van der Waals surface area contributed by atoms with Gasteiger partial charge in [0.05, 0.1) is 11.4 Å². The molecule has 142 valence electrons. The Balaban J connectivity index is 2.33. The number of nitrogens with zero attached hydrogens (tertiary/aromatic N) is 2. The van der Waals surface area contributed by atoms with E-state index in [2.05, 4.69) is 15.9 Å². The zero-order valence-electron chi connectivity index (χ0n) is 15.2. The van der Waals surface area contributed by atoms with Gasteiger partial charge >= 0.3 is 6.09 Å². The predicted octanol–water partition coefficient (Wildman–Crippen LogP) is 4.32. The van der Waals surface area contributed by atoms with Gasteiger partial charge in [0.2, 0.25) is 0 Å². The molecule has 1 N–H and O–H groups in total. The van der Waals surface area contributed by atoms with E-state index in [1.165, 1.54) is 11.1 Å². The van der Waals surface area contributed by atoms with Gasteiger partial charge in [-0.2, -0.15) is 0 Å². The number of benzene rings is 1. The zero-order valence-corrected chi connectivity index (χ0v) is 17.6. The fourth-order valence-corrected chi connectivity index (χ4v) is 4.78. The summed E-state index contributed by atoms with van der Waals surface area (Å²) in [6.45, 7) is 8.19. The van der Waals surface area contributed by atoms with Crippen LogP contribution >= 0.6 is 15.9 Å². The molecule has 0 radical (unpaired) electrons. The summed E-state index contributed by atoms with van der Waals surface area (Å²) >= 11 is 3.27. The molecule has 0 saturated carbocycles. The molecule has 2 aromatic rings. The van der Waals surface area contributed by atoms with Gasteiger partial charge in [-0.3, -0.25) is 0 Å². The normalized spacial score (nSPS) is 12.2. The number of carboxylic acid groups (broad SMARTS) is 1. The third-order valence-corrected chi connectivity index (χ3v) is 6.22. The highest BCUT2D eigenvalue weighted by Crippen LogP contribution is 2.25. The summed E-state index contributed by atoms with van der Waals surface area (Å²) in [5.41, 5.74) is 1.36. The molecule has 0 saturated heterocycles. The summed E-state index contributed by atoms with van der Waals surface area (Å²) in [6.07, 6.45) is 0.419. The summed E-state index contributed by atoms with van der Waals surface area (Å²) in [7, 11) is -3.75. The highest BCUT2D eigenvalue weighted by atomic mass is 79.9. The van der Waals surface area contributed by atoms with Gasteiger partial charge < -0.3 is 10.0 Å². The van der Waals surface area contributed by atoms with Gasteiger partial charge in [-0.25, -0.2) is 17.2 Å². The highest BCUT2D eigenvalue weighted by Gasteiger charge is 2.24. The topological polar surface area (TPSA) is 79.6 Å². The van der Waals surface area contributed by atoms with E-state index in [1.54, 1.807) is 30.3 Å². The number of aryl methyl sites for hydroxylation is 1. The molecule has 0 spiro atoms. The van der Waals surface area contributed by atoms with Gasteiger partial charge in [-0.1, -0.05) is 38.5 Å². The lowest BCUT2D eigenvalue weighted by Crippen LogP contribution is -2.36. The van der Waals surface area contributed by atoms with Crippen LogP contribution in [0.2, 0.25) is 0 Å². The number of hydrogen-bond acceptors (Lipinski definition) is 3. The fraction of sp³-hybridized carbons (Fsp3) is 0.389. The molecule has 1 aromatic carbocycles. The van der Waals surface area contributed by atoms with E-state index in [0.29, 0.717) is 16.7 Å². The maximum absolute atomic E-state index is 12.8. The van der Waals surface area contributed by atoms with Crippen LogP contribution in [0.5, 0.6) is 0 Å².